The normalized spacial score (nSPS) is 21.3. The van der Waals surface area contributed by atoms with Gasteiger partial charge in [-0.2, -0.15) is 9.40 Å². The molecule has 2 fully saturated rings. The van der Waals surface area contributed by atoms with Gasteiger partial charge < -0.3 is 9.84 Å². The van der Waals surface area contributed by atoms with Crippen molar-refractivity contribution < 1.29 is 17.7 Å². The molecule has 2 aromatic rings. The van der Waals surface area contributed by atoms with Crippen molar-refractivity contribution in [2.24, 2.45) is 5.92 Å². The largest absolute Gasteiger partial charge is 0.351 e. The zero-order valence-corrected chi connectivity index (χ0v) is 18.8. The highest BCUT2D eigenvalue weighted by molar-refractivity contribution is 7.89. The minimum Gasteiger partial charge on any atom is -0.351 e. The summed E-state index contributed by atoms with van der Waals surface area (Å²) in [5, 5.41) is 11.1. The van der Waals surface area contributed by atoms with E-state index in [1.165, 1.54) is 29.8 Å². The third-order valence-electron chi connectivity index (χ3n) is 6.40. The minimum atomic E-state index is -3.61. The topological polar surface area (TPSA) is 110 Å². The molecule has 1 saturated carbocycles. The summed E-state index contributed by atoms with van der Waals surface area (Å²) in [5.41, 5.74) is 0.631. The third kappa shape index (κ3) is 5.01. The number of carbonyl (C=O) groups excluding carboxylic acids is 1. The molecule has 1 aliphatic heterocycles. The first-order valence-electron chi connectivity index (χ1n) is 11.2. The summed E-state index contributed by atoms with van der Waals surface area (Å²) in [5.74, 6) is 0.370. The average molecular weight is 450 g/mol. The molecular weight excluding hydrogens is 418 g/mol. The molecule has 0 radical (unpaired) electrons. The summed E-state index contributed by atoms with van der Waals surface area (Å²) in [7, 11) is -3.61. The van der Waals surface area contributed by atoms with Crippen molar-refractivity contribution >= 4 is 15.9 Å². The molecule has 170 valence electrons. The lowest BCUT2D eigenvalue weighted by Crippen LogP contribution is -2.39. The Morgan fingerprint density at radius 3 is 2.77 bits per heavy atom. The van der Waals surface area contributed by atoms with Crippen LogP contribution in [0.1, 0.15) is 74.0 Å². The van der Waals surface area contributed by atoms with E-state index in [2.05, 4.69) is 15.6 Å². The molecule has 1 N–H and O–H groups in total. The average Bonchev–Trinajstić information content (AvgIpc) is 3.48. The minimum absolute atomic E-state index is 0.103. The molecule has 4 rings (SSSR count). The first-order chi connectivity index (χ1) is 15.0. The Balaban J connectivity index is 1.38. The molecule has 0 unspecified atom stereocenters. The highest BCUT2D eigenvalue weighted by atomic mass is 32.2. The lowest BCUT2D eigenvalue weighted by atomic mass is 9.89. The Kier molecular flexibility index (Phi) is 6.76. The van der Waals surface area contributed by atoms with Gasteiger partial charge in [-0.1, -0.05) is 24.4 Å². The van der Waals surface area contributed by atoms with E-state index in [1.807, 2.05) is 6.92 Å². The van der Waals surface area contributed by atoms with Crippen molar-refractivity contribution in [3.63, 3.8) is 0 Å². The Hall–Kier alpha value is -2.20. The van der Waals surface area contributed by atoms with Crippen LogP contribution < -0.4 is 5.32 Å². The van der Waals surface area contributed by atoms with Crippen molar-refractivity contribution in [2.75, 3.05) is 19.6 Å². The molecule has 1 aliphatic carbocycles. The van der Waals surface area contributed by atoms with Gasteiger partial charge in [0.25, 0.3) is 5.91 Å². The van der Waals surface area contributed by atoms with Gasteiger partial charge in [0, 0.05) is 44.4 Å². The van der Waals surface area contributed by atoms with Gasteiger partial charge in [0.2, 0.25) is 15.8 Å². The van der Waals surface area contributed by atoms with Gasteiger partial charge >= 0.3 is 0 Å². The number of amides is 1. The molecule has 2 aromatic heterocycles. The van der Waals surface area contributed by atoms with Crippen LogP contribution in [-0.4, -0.2) is 53.2 Å². The van der Waals surface area contributed by atoms with Gasteiger partial charge in [0.05, 0.1) is 11.9 Å². The Morgan fingerprint density at radius 1 is 1.23 bits per heavy atom. The molecule has 2 aliphatic rings. The summed E-state index contributed by atoms with van der Waals surface area (Å²) < 4.78 is 34.4. The fourth-order valence-electron chi connectivity index (χ4n) is 4.51. The Labute approximate surface area is 183 Å². The maximum atomic E-state index is 13.0. The number of rotatable bonds is 7. The lowest BCUT2D eigenvalue weighted by Gasteiger charge is -2.30. The summed E-state index contributed by atoms with van der Waals surface area (Å²) in [6, 6.07) is 1.66. The zero-order valence-electron chi connectivity index (χ0n) is 18.0. The Morgan fingerprint density at radius 2 is 2.03 bits per heavy atom. The number of carbonyl (C=O) groups is 1. The van der Waals surface area contributed by atoms with Crippen LogP contribution in [0.2, 0.25) is 0 Å². The highest BCUT2D eigenvalue weighted by Crippen LogP contribution is 2.30. The summed E-state index contributed by atoms with van der Waals surface area (Å²) >= 11 is 0. The molecule has 10 heteroatoms. The van der Waals surface area contributed by atoms with Crippen molar-refractivity contribution in [3.05, 3.63) is 29.9 Å². The number of aromatic nitrogens is 3. The molecule has 1 amide bonds. The summed E-state index contributed by atoms with van der Waals surface area (Å²) in [6.45, 7) is 3.96. The quantitative estimate of drug-likeness (QED) is 0.696. The molecular formula is C21H31N5O4S. The molecule has 31 heavy (non-hydrogen) atoms. The van der Waals surface area contributed by atoms with E-state index in [4.69, 9.17) is 4.52 Å². The predicted octanol–water partition coefficient (Wildman–Crippen LogP) is 2.77. The third-order valence-corrected chi connectivity index (χ3v) is 8.22. The van der Waals surface area contributed by atoms with Crippen LogP contribution in [-0.2, 0) is 16.6 Å². The van der Waals surface area contributed by atoms with E-state index in [9.17, 15) is 13.2 Å². The zero-order chi connectivity index (χ0) is 21.8. The monoisotopic (exact) mass is 449 g/mol. The summed E-state index contributed by atoms with van der Waals surface area (Å²) in [4.78, 5) is 12.7. The van der Waals surface area contributed by atoms with Crippen LogP contribution in [0.15, 0.2) is 27.9 Å². The second-order valence-electron chi connectivity index (χ2n) is 8.56. The SMILES string of the molecule is CCn1cc(S(=O)(=O)N2CCC[C@@H](c3cc(C(=O)NCC4CCCCC4)on3)C2)cn1. The highest BCUT2D eigenvalue weighted by Gasteiger charge is 2.33. The second kappa shape index (κ2) is 9.52. The smallest absolute Gasteiger partial charge is 0.289 e. The van der Waals surface area contributed by atoms with E-state index < -0.39 is 10.0 Å². The standard InChI is InChI=1S/C21H31N5O4S/c1-2-25-15-18(13-23-25)31(28,29)26-10-6-9-17(14-26)19-11-20(30-24-19)21(27)22-12-16-7-4-3-5-8-16/h11,13,15-17H,2-10,12,14H2,1H3,(H,22,27)/t17-/m1/s1. The van der Waals surface area contributed by atoms with Crippen LogP contribution in [0, 0.1) is 5.92 Å². The van der Waals surface area contributed by atoms with Crippen molar-refractivity contribution in [1.82, 2.24) is 24.6 Å². The molecule has 9 nitrogen and oxygen atoms in total. The molecule has 3 heterocycles. The van der Waals surface area contributed by atoms with E-state index in [0.717, 1.165) is 25.7 Å². The molecule has 0 spiro atoms. The van der Waals surface area contributed by atoms with E-state index >= 15 is 0 Å². The van der Waals surface area contributed by atoms with Gasteiger partial charge in [-0.15, -0.1) is 0 Å². The number of hydrogen-bond acceptors (Lipinski definition) is 6. The van der Waals surface area contributed by atoms with Crippen molar-refractivity contribution in [3.8, 4) is 0 Å². The number of hydrogen-bond donors (Lipinski definition) is 1. The summed E-state index contributed by atoms with van der Waals surface area (Å²) in [6.07, 6.45) is 10.5. The van der Waals surface area contributed by atoms with E-state index in [1.54, 1.807) is 16.9 Å². The van der Waals surface area contributed by atoms with Crippen LogP contribution >= 0.6 is 0 Å². The fourth-order valence-corrected chi connectivity index (χ4v) is 5.98. The second-order valence-corrected chi connectivity index (χ2v) is 10.5. The van der Waals surface area contributed by atoms with Crippen molar-refractivity contribution in [1.29, 1.82) is 0 Å². The number of aryl methyl sites for hydroxylation is 1. The van der Waals surface area contributed by atoms with Crippen LogP contribution in [0.3, 0.4) is 0 Å². The molecule has 0 aromatic carbocycles. The van der Waals surface area contributed by atoms with Gasteiger partial charge in [0.1, 0.15) is 4.90 Å². The fraction of sp³-hybridized carbons (Fsp3) is 0.667. The van der Waals surface area contributed by atoms with Crippen LogP contribution in [0.25, 0.3) is 0 Å². The maximum Gasteiger partial charge on any atom is 0.289 e. The first kappa shape index (κ1) is 22.0. The molecule has 0 bridgehead atoms. The van der Waals surface area contributed by atoms with Crippen molar-refractivity contribution in [2.45, 2.75) is 69.2 Å². The first-order valence-corrected chi connectivity index (χ1v) is 12.7. The van der Waals surface area contributed by atoms with Gasteiger partial charge in [0.15, 0.2) is 0 Å². The van der Waals surface area contributed by atoms with E-state index in [-0.39, 0.29) is 22.5 Å². The lowest BCUT2D eigenvalue weighted by molar-refractivity contribution is 0.0906. The Bertz CT molecular complexity index is 993. The predicted molar refractivity (Wildman–Crippen MR) is 114 cm³/mol. The van der Waals surface area contributed by atoms with Crippen LogP contribution in [0.5, 0.6) is 0 Å². The van der Waals surface area contributed by atoms with Gasteiger partial charge in [-0.3, -0.25) is 9.48 Å². The van der Waals surface area contributed by atoms with Gasteiger partial charge in [-0.25, -0.2) is 8.42 Å². The molecule has 1 saturated heterocycles. The number of piperidine rings is 1. The number of nitrogens with one attached hydrogen (secondary N) is 1. The number of nitrogens with zero attached hydrogens (tertiary/aromatic N) is 4. The maximum absolute atomic E-state index is 13.0. The number of sulfonamides is 1. The molecule has 1 atom stereocenters. The van der Waals surface area contributed by atoms with Gasteiger partial charge in [-0.05, 0) is 38.5 Å². The van der Waals surface area contributed by atoms with Crippen LogP contribution in [0.4, 0.5) is 0 Å². The van der Waals surface area contributed by atoms with E-state index in [0.29, 0.717) is 37.8 Å².